The zero-order chi connectivity index (χ0) is 14.1. The van der Waals surface area contributed by atoms with Crippen LogP contribution in [0.5, 0.6) is 0 Å². The Balaban J connectivity index is 1.57. The summed E-state index contributed by atoms with van der Waals surface area (Å²) >= 11 is 0. The fourth-order valence-electron chi connectivity index (χ4n) is 4.22. The molecule has 0 radical (unpaired) electrons. The molecular formula is C20H23N. The van der Waals surface area contributed by atoms with E-state index in [0.29, 0.717) is 0 Å². The van der Waals surface area contributed by atoms with E-state index in [-0.39, 0.29) is 0 Å². The van der Waals surface area contributed by atoms with Crippen LogP contribution in [0.2, 0.25) is 0 Å². The highest BCUT2D eigenvalue weighted by atomic mass is 15.2. The van der Waals surface area contributed by atoms with Crippen molar-refractivity contribution in [2.45, 2.75) is 38.3 Å². The number of piperidine rings is 1. The molecule has 21 heavy (non-hydrogen) atoms. The minimum absolute atomic E-state index is 0.744. The zero-order valence-electron chi connectivity index (χ0n) is 12.5. The minimum Gasteiger partial charge on any atom is -0.296 e. The van der Waals surface area contributed by atoms with E-state index in [9.17, 15) is 0 Å². The van der Waals surface area contributed by atoms with Crippen molar-refractivity contribution in [1.82, 2.24) is 4.90 Å². The molecule has 4 rings (SSSR count). The lowest BCUT2D eigenvalue weighted by atomic mass is 9.75. The monoisotopic (exact) mass is 277 g/mol. The Bertz CT molecular complexity index is 604. The first-order valence-electron chi connectivity index (χ1n) is 8.25. The average Bonchev–Trinajstić information content (AvgIpc) is 2.54. The van der Waals surface area contributed by atoms with Crippen LogP contribution >= 0.6 is 0 Å². The van der Waals surface area contributed by atoms with Gasteiger partial charge in [-0.05, 0) is 54.8 Å². The molecule has 1 nitrogen and oxygen atoms in total. The summed E-state index contributed by atoms with van der Waals surface area (Å²) in [5.74, 6) is 0.859. The van der Waals surface area contributed by atoms with E-state index in [0.717, 1.165) is 18.5 Å². The highest BCUT2D eigenvalue weighted by Crippen LogP contribution is 2.35. The Morgan fingerprint density at radius 1 is 0.857 bits per heavy atom. The molecule has 1 aliphatic heterocycles. The largest absolute Gasteiger partial charge is 0.296 e. The predicted molar refractivity (Wildman–Crippen MR) is 87.2 cm³/mol. The third kappa shape index (κ3) is 2.63. The number of hydrogen-bond donors (Lipinski definition) is 0. The van der Waals surface area contributed by atoms with Gasteiger partial charge in [0.1, 0.15) is 0 Å². The van der Waals surface area contributed by atoms with Crippen LogP contribution in [0.25, 0.3) is 0 Å². The van der Waals surface area contributed by atoms with Crippen LogP contribution in [-0.2, 0) is 19.4 Å². The van der Waals surface area contributed by atoms with Crippen LogP contribution in [0.4, 0.5) is 0 Å². The minimum atomic E-state index is 0.744. The van der Waals surface area contributed by atoms with Crippen LogP contribution in [0.1, 0.15) is 29.5 Å². The second kappa shape index (κ2) is 5.65. The molecule has 1 heterocycles. The molecule has 2 atom stereocenters. The van der Waals surface area contributed by atoms with Gasteiger partial charge >= 0.3 is 0 Å². The summed E-state index contributed by atoms with van der Waals surface area (Å²) in [6.07, 6.45) is 5.29. The molecule has 108 valence electrons. The first kappa shape index (κ1) is 13.1. The number of fused-ring (bicyclic) bond motifs is 2. The lowest BCUT2D eigenvalue weighted by molar-refractivity contribution is 0.0784. The molecular weight excluding hydrogens is 254 g/mol. The maximum atomic E-state index is 2.74. The van der Waals surface area contributed by atoms with Crippen molar-refractivity contribution in [3.8, 4) is 0 Å². The van der Waals surface area contributed by atoms with Gasteiger partial charge in [0.05, 0.1) is 0 Å². The molecule has 2 aliphatic rings. The van der Waals surface area contributed by atoms with Gasteiger partial charge in [0.15, 0.2) is 0 Å². The number of rotatable bonds is 2. The molecule has 1 heteroatoms. The van der Waals surface area contributed by atoms with Crippen LogP contribution in [0.3, 0.4) is 0 Å². The van der Waals surface area contributed by atoms with Crippen LogP contribution in [-0.4, -0.2) is 17.5 Å². The molecule has 0 bridgehead atoms. The van der Waals surface area contributed by atoms with Gasteiger partial charge in [-0.25, -0.2) is 0 Å². The summed E-state index contributed by atoms with van der Waals surface area (Å²) < 4.78 is 0. The fourth-order valence-corrected chi connectivity index (χ4v) is 4.22. The molecule has 0 aromatic heterocycles. The van der Waals surface area contributed by atoms with Gasteiger partial charge < -0.3 is 0 Å². The maximum absolute atomic E-state index is 2.74. The van der Waals surface area contributed by atoms with Crippen molar-refractivity contribution in [3.05, 3.63) is 71.3 Å². The van der Waals surface area contributed by atoms with Gasteiger partial charge in [-0.15, -0.1) is 0 Å². The van der Waals surface area contributed by atoms with Gasteiger partial charge in [-0.2, -0.15) is 0 Å². The van der Waals surface area contributed by atoms with Gasteiger partial charge in [-0.1, -0.05) is 54.6 Å². The van der Waals surface area contributed by atoms with Crippen molar-refractivity contribution >= 4 is 0 Å². The standard InChI is InChI=1S/C20H23N/c1-2-7-16(8-3-1)15-21-12-6-11-19-13-17-9-4-5-10-18(17)14-20(19)21/h1-5,7-10,19-20H,6,11-15H2/t19-,20-/m1/s1. The quantitative estimate of drug-likeness (QED) is 0.800. The van der Waals surface area contributed by atoms with Crippen molar-refractivity contribution in [2.24, 2.45) is 5.92 Å². The van der Waals surface area contributed by atoms with E-state index < -0.39 is 0 Å². The first-order chi connectivity index (χ1) is 10.4. The van der Waals surface area contributed by atoms with E-state index in [1.807, 2.05) is 0 Å². The molecule has 0 amide bonds. The molecule has 1 aliphatic carbocycles. The highest BCUT2D eigenvalue weighted by molar-refractivity contribution is 5.31. The molecule has 0 spiro atoms. The molecule has 1 saturated heterocycles. The Morgan fingerprint density at radius 3 is 2.38 bits per heavy atom. The number of benzene rings is 2. The zero-order valence-corrected chi connectivity index (χ0v) is 12.5. The van der Waals surface area contributed by atoms with E-state index in [4.69, 9.17) is 0 Å². The van der Waals surface area contributed by atoms with E-state index in [1.54, 1.807) is 11.1 Å². The summed E-state index contributed by atoms with van der Waals surface area (Å²) in [6.45, 7) is 2.38. The predicted octanol–water partition coefficient (Wildman–Crippen LogP) is 4.07. The molecule has 0 saturated carbocycles. The summed E-state index contributed by atoms with van der Waals surface area (Å²) in [6, 6.07) is 20.8. The second-order valence-corrected chi connectivity index (χ2v) is 6.60. The van der Waals surface area contributed by atoms with Crippen molar-refractivity contribution < 1.29 is 0 Å². The Morgan fingerprint density at radius 2 is 1.57 bits per heavy atom. The van der Waals surface area contributed by atoms with Crippen molar-refractivity contribution in [2.75, 3.05) is 6.54 Å². The van der Waals surface area contributed by atoms with Gasteiger partial charge in [0.25, 0.3) is 0 Å². The average molecular weight is 277 g/mol. The van der Waals surface area contributed by atoms with Crippen LogP contribution in [0, 0.1) is 5.92 Å². The fraction of sp³-hybridized carbons (Fsp3) is 0.400. The highest BCUT2D eigenvalue weighted by Gasteiger charge is 2.35. The summed E-state index contributed by atoms with van der Waals surface area (Å²) in [5.41, 5.74) is 4.64. The van der Waals surface area contributed by atoms with Crippen LogP contribution < -0.4 is 0 Å². The third-order valence-corrected chi connectivity index (χ3v) is 5.29. The van der Waals surface area contributed by atoms with E-state index in [2.05, 4.69) is 59.5 Å². The molecule has 1 fully saturated rings. The van der Waals surface area contributed by atoms with Crippen molar-refractivity contribution in [3.63, 3.8) is 0 Å². The van der Waals surface area contributed by atoms with Crippen LogP contribution in [0.15, 0.2) is 54.6 Å². The lowest BCUT2D eigenvalue weighted by Gasteiger charge is -2.44. The second-order valence-electron chi connectivity index (χ2n) is 6.60. The summed E-state index contributed by atoms with van der Waals surface area (Å²) in [4.78, 5) is 2.74. The van der Waals surface area contributed by atoms with Gasteiger partial charge in [0, 0.05) is 12.6 Å². The Kier molecular flexibility index (Phi) is 3.52. The summed E-state index contributed by atoms with van der Waals surface area (Å²) in [5, 5.41) is 0. The first-order valence-corrected chi connectivity index (χ1v) is 8.25. The number of nitrogens with zero attached hydrogens (tertiary/aromatic N) is 1. The normalized spacial score (nSPS) is 25.1. The third-order valence-electron chi connectivity index (χ3n) is 5.29. The number of hydrogen-bond acceptors (Lipinski definition) is 1. The van der Waals surface area contributed by atoms with Gasteiger partial charge in [0.2, 0.25) is 0 Å². The lowest BCUT2D eigenvalue weighted by Crippen LogP contribution is -2.48. The smallest absolute Gasteiger partial charge is 0.0236 e. The Labute approximate surface area is 127 Å². The molecule has 0 N–H and O–H groups in total. The van der Waals surface area contributed by atoms with Gasteiger partial charge in [-0.3, -0.25) is 4.90 Å². The topological polar surface area (TPSA) is 3.24 Å². The molecule has 2 aromatic rings. The summed E-state index contributed by atoms with van der Waals surface area (Å²) in [7, 11) is 0. The molecule has 2 aromatic carbocycles. The molecule has 0 unspecified atom stereocenters. The Hall–Kier alpha value is -1.60. The van der Waals surface area contributed by atoms with E-state index in [1.165, 1.54) is 37.8 Å². The van der Waals surface area contributed by atoms with E-state index >= 15 is 0 Å². The van der Waals surface area contributed by atoms with Crippen molar-refractivity contribution in [1.29, 1.82) is 0 Å². The maximum Gasteiger partial charge on any atom is 0.0236 e. The SMILES string of the molecule is c1ccc(CN2CCC[C@@H]3Cc4ccccc4C[C@H]32)cc1. The number of likely N-dealkylation sites (tertiary alicyclic amines) is 1.